The molecule has 4 heterocycles. The number of carbonyl (C=O) groups excluding carboxylic acids is 4. The number of nitrogens with one attached hydrogen (secondary N) is 6. The fraction of sp³-hybridized carbons (Fsp3) is 0.435. The lowest BCUT2D eigenvalue weighted by Gasteiger charge is -2.29. The molecule has 2 aliphatic heterocycles. The first-order valence-corrected chi connectivity index (χ1v) is 21.1. The number of benzene rings is 3. The average molecular weight is 819 g/mol. The minimum Gasteiger partial charge on any atom is -0.394 e. The van der Waals surface area contributed by atoms with Crippen molar-refractivity contribution < 1.29 is 29.4 Å². The standard InChI is InChI=1S/C46H58N8O6/c1-27(47-3)43(57)51-39(25-55)45(59)53-21-9-11-31(53)23-35-33-13-5-7-15-37(33)49-41(35)29-17-19-30(20-18-29)42-36(34-14-6-8-16-38(34)50-42)24-32-12-10-22-54(32)46(60)40(26-56)52-44(58)28(2)48-4/h5-8,13-20,27-28,31-32,39-40,47-50,55-56H,9-12,21-26H2,1-4H3,(H,51,57)(H,52,58)/t27-,28-,31-,32-,39-,40-/m0/s1. The molecule has 7 rings (SSSR count). The Bertz CT molecular complexity index is 2160. The summed E-state index contributed by atoms with van der Waals surface area (Å²) in [5.74, 6) is -1.24. The van der Waals surface area contributed by atoms with Crippen molar-refractivity contribution in [1.82, 2.24) is 41.0 Å². The quantitative estimate of drug-likeness (QED) is 0.0744. The Kier molecular flexibility index (Phi) is 13.3. The Morgan fingerprint density at radius 2 is 1.02 bits per heavy atom. The van der Waals surface area contributed by atoms with Crippen LogP contribution in [0.4, 0.5) is 0 Å². The average Bonchev–Trinajstić information content (AvgIpc) is 4.10. The van der Waals surface area contributed by atoms with Gasteiger partial charge in [0.1, 0.15) is 12.1 Å². The molecule has 6 atom stereocenters. The van der Waals surface area contributed by atoms with Crippen LogP contribution in [-0.4, -0.2) is 130 Å². The smallest absolute Gasteiger partial charge is 0.247 e. The monoisotopic (exact) mass is 818 g/mol. The maximum absolute atomic E-state index is 13.8. The summed E-state index contributed by atoms with van der Waals surface area (Å²) >= 11 is 0. The molecule has 0 unspecified atom stereocenters. The van der Waals surface area contributed by atoms with Gasteiger partial charge >= 0.3 is 0 Å². The summed E-state index contributed by atoms with van der Waals surface area (Å²) in [6.45, 7) is 3.56. The summed E-state index contributed by atoms with van der Waals surface area (Å²) in [6.07, 6.45) is 4.47. The summed E-state index contributed by atoms with van der Waals surface area (Å²) in [6, 6.07) is 21.5. The number of aliphatic hydroxyl groups excluding tert-OH is 2. The van der Waals surface area contributed by atoms with Gasteiger partial charge in [0.15, 0.2) is 0 Å². The van der Waals surface area contributed by atoms with Crippen LogP contribution in [0.3, 0.4) is 0 Å². The largest absolute Gasteiger partial charge is 0.394 e. The number of aromatic amines is 2. The van der Waals surface area contributed by atoms with E-state index < -0.39 is 37.4 Å². The van der Waals surface area contributed by atoms with Gasteiger partial charge in [0.05, 0.1) is 25.3 Å². The first-order chi connectivity index (χ1) is 29.1. The topological polar surface area (TPSA) is 195 Å². The number of carbonyl (C=O) groups is 4. The van der Waals surface area contributed by atoms with Crippen molar-refractivity contribution in [2.75, 3.05) is 40.4 Å². The lowest BCUT2D eigenvalue weighted by atomic mass is 9.95. The van der Waals surface area contributed by atoms with Crippen LogP contribution < -0.4 is 21.3 Å². The number of H-pyrrole nitrogens is 2. The third-order valence-electron chi connectivity index (χ3n) is 12.5. The molecule has 2 fully saturated rings. The van der Waals surface area contributed by atoms with Crippen LogP contribution in [0.2, 0.25) is 0 Å². The number of para-hydroxylation sites is 2. The number of hydrogen-bond donors (Lipinski definition) is 8. The number of likely N-dealkylation sites (N-methyl/N-ethyl adjacent to an activating group) is 2. The molecule has 5 aromatic rings. The lowest BCUT2D eigenvalue weighted by molar-refractivity contribution is -0.138. The first-order valence-electron chi connectivity index (χ1n) is 21.1. The van der Waals surface area contributed by atoms with Gasteiger partial charge in [-0.05, 0) is 101 Å². The zero-order valence-corrected chi connectivity index (χ0v) is 34.9. The SMILES string of the molecule is CN[C@@H](C)C(=O)N[C@@H](CO)C(=O)N1CCC[C@H]1Cc1c(-c2ccc(-c3[nH]c4ccccc4c3C[C@@H]3CCCN3C(=O)[C@H](CO)NC(=O)[C@H](C)NC)cc2)[nH]c2ccccc12. The van der Waals surface area contributed by atoms with E-state index in [2.05, 4.69) is 79.8 Å². The third-order valence-corrected chi connectivity index (χ3v) is 12.5. The van der Waals surface area contributed by atoms with Crippen molar-refractivity contribution in [1.29, 1.82) is 0 Å². The van der Waals surface area contributed by atoms with Crippen LogP contribution in [0.15, 0.2) is 72.8 Å². The Balaban J connectivity index is 1.15. The van der Waals surface area contributed by atoms with E-state index >= 15 is 0 Å². The Morgan fingerprint density at radius 3 is 1.38 bits per heavy atom. The minimum absolute atomic E-state index is 0.112. The zero-order chi connectivity index (χ0) is 42.5. The fourth-order valence-corrected chi connectivity index (χ4v) is 8.89. The molecule has 14 heteroatoms. The number of rotatable bonds is 16. The Labute approximate surface area is 350 Å². The highest BCUT2D eigenvalue weighted by Gasteiger charge is 2.37. The maximum atomic E-state index is 13.8. The molecule has 8 N–H and O–H groups in total. The van der Waals surface area contributed by atoms with Gasteiger partial charge in [-0.25, -0.2) is 0 Å². The van der Waals surface area contributed by atoms with Gasteiger partial charge < -0.3 is 51.2 Å². The van der Waals surface area contributed by atoms with E-state index in [0.717, 1.165) is 81.1 Å². The molecule has 2 aromatic heterocycles. The van der Waals surface area contributed by atoms with Crippen molar-refractivity contribution in [2.45, 2.75) is 88.6 Å². The van der Waals surface area contributed by atoms with Crippen LogP contribution in [0, 0.1) is 0 Å². The first kappa shape index (κ1) is 42.6. The highest BCUT2D eigenvalue weighted by Crippen LogP contribution is 2.38. The summed E-state index contributed by atoms with van der Waals surface area (Å²) in [7, 11) is 3.34. The van der Waals surface area contributed by atoms with E-state index in [1.54, 1.807) is 27.9 Å². The number of likely N-dealkylation sites (tertiary alicyclic amines) is 2. The number of aliphatic hydroxyl groups is 2. The molecule has 3 aromatic carbocycles. The normalized spacial score (nSPS) is 18.8. The molecule has 0 radical (unpaired) electrons. The number of nitrogens with zero attached hydrogens (tertiary/aromatic N) is 2. The second-order valence-corrected chi connectivity index (χ2v) is 16.2. The maximum Gasteiger partial charge on any atom is 0.247 e. The third kappa shape index (κ3) is 8.69. The van der Waals surface area contributed by atoms with E-state index in [1.807, 2.05) is 34.1 Å². The molecule has 0 bridgehead atoms. The van der Waals surface area contributed by atoms with Crippen LogP contribution >= 0.6 is 0 Å². The summed E-state index contributed by atoms with van der Waals surface area (Å²) in [5, 5.41) is 33.7. The number of fused-ring (bicyclic) bond motifs is 2. The van der Waals surface area contributed by atoms with Crippen molar-refractivity contribution in [3.8, 4) is 22.5 Å². The second-order valence-electron chi connectivity index (χ2n) is 16.2. The lowest BCUT2D eigenvalue weighted by Crippen LogP contribution is -2.55. The van der Waals surface area contributed by atoms with Gasteiger partial charge in [0.25, 0.3) is 0 Å². The van der Waals surface area contributed by atoms with E-state index in [0.29, 0.717) is 25.9 Å². The molecule has 0 saturated carbocycles. The van der Waals surface area contributed by atoms with E-state index in [-0.39, 0.29) is 35.7 Å². The highest BCUT2D eigenvalue weighted by molar-refractivity contribution is 5.94. The Hall–Kier alpha value is -5.54. The highest BCUT2D eigenvalue weighted by atomic mass is 16.3. The van der Waals surface area contributed by atoms with Gasteiger partial charge in [-0.15, -0.1) is 0 Å². The van der Waals surface area contributed by atoms with E-state index in [4.69, 9.17) is 0 Å². The van der Waals surface area contributed by atoms with Crippen molar-refractivity contribution >= 4 is 45.4 Å². The van der Waals surface area contributed by atoms with Crippen LogP contribution in [0.1, 0.15) is 50.7 Å². The van der Waals surface area contributed by atoms with Crippen LogP contribution in [-0.2, 0) is 32.0 Å². The molecule has 2 aliphatic rings. The molecule has 4 amide bonds. The van der Waals surface area contributed by atoms with Crippen molar-refractivity contribution in [3.05, 3.63) is 83.9 Å². The number of hydrogen-bond acceptors (Lipinski definition) is 8. The van der Waals surface area contributed by atoms with Gasteiger partial charge in [-0.2, -0.15) is 0 Å². The second kappa shape index (κ2) is 18.8. The van der Waals surface area contributed by atoms with Crippen LogP contribution in [0.25, 0.3) is 44.3 Å². The Morgan fingerprint density at radius 1 is 0.633 bits per heavy atom. The van der Waals surface area contributed by atoms with Gasteiger partial charge in [-0.1, -0.05) is 60.7 Å². The summed E-state index contributed by atoms with van der Waals surface area (Å²) < 4.78 is 0. The number of amides is 4. The molecule has 14 nitrogen and oxygen atoms in total. The fourth-order valence-electron chi connectivity index (χ4n) is 8.89. The summed E-state index contributed by atoms with van der Waals surface area (Å²) in [5.41, 5.74) is 8.15. The van der Waals surface area contributed by atoms with E-state index in [9.17, 15) is 29.4 Å². The predicted molar refractivity (Wildman–Crippen MR) is 233 cm³/mol. The van der Waals surface area contributed by atoms with E-state index in [1.165, 1.54) is 0 Å². The molecule has 0 spiro atoms. The zero-order valence-electron chi connectivity index (χ0n) is 34.9. The molecular weight excluding hydrogens is 761 g/mol. The van der Waals surface area contributed by atoms with Crippen molar-refractivity contribution in [3.63, 3.8) is 0 Å². The van der Waals surface area contributed by atoms with Crippen LogP contribution in [0.5, 0.6) is 0 Å². The van der Waals surface area contributed by atoms with Crippen molar-refractivity contribution in [2.24, 2.45) is 0 Å². The molecular formula is C46H58N8O6. The predicted octanol–water partition coefficient (Wildman–Crippen LogP) is 3.22. The van der Waals surface area contributed by atoms with Gasteiger partial charge in [0.2, 0.25) is 23.6 Å². The molecule has 318 valence electrons. The summed E-state index contributed by atoms with van der Waals surface area (Å²) in [4.78, 5) is 63.8. The molecule has 60 heavy (non-hydrogen) atoms. The minimum atomic E-state index is -1.02. The molecule has 0 aliphatic carbocycles. The van der Waals surface area contributed by atoms with Gasteiger partial charge in [-0.3, -0.25) is 19.2 Å². The number of aromatic nitrogens is 2. The molecule has 2 saturated heterocycles. The van der Waals surface area contributed by atoms with Gasteiger partial charge in [0, 0.05) is 58.4 Å².